The molecule has 0 unspecified atom stereocenters. The van der Waals surface area contributed by atoms with Crippen molar-refractivity contribution in [2.75, 3.05) is 13.1 Å². The number of ether oxygens (including phenoxy) is 1. The van der Waals surface area contributed by atoms with Gasteiger partial charge in [-0.25, -0.2) is 13.2 Å². The van der Waals surface area contributed by atoms with Crippen LogP contribution in [-0.2, 0) is 14.8 Å². The summed E-state index contributed by atoms with van der Waals surface area (Å²) in [6.07, 6.45) is 4.20. The van der Waals surface area contributed by atoms with E-state index >= 15 is 0 Å². The maximum absolute atomic E-state index is 13.4. The van der Waals surface area contributed by atoms with E-state index in [0.29, 0.717) is 24.8 Å². The summed E-state index contributed by atoms with van der Waals surface area (Å²) in [6, 6.07) is 4.94. The lowest BCUT2D eigenvalue weighted by Crippen LogP contribution is -2.50. The lowest BCUT2D eigenvalue weighted by Gasteiger charge is -2.33. The summed E-state index contributed by atoms with van der Waals surface area (Å²) in [4.78, 5) is 16.5. The summed E-state index contributed by atoms with van der Waals surface area (Å²) in [5, 5.41) is 4.29. The van der Waals surface area contributed by atoms with Crippen molar-refractivity contribution in [1.82, 2.24) is 14.6 Å². The van der Waals surface area contributed by atoms with E-state index in [1.54, 1.807) is 45.3 Å². The van der Waals surface area contributed by atoms with Crippen molar-refractivity contribution >= 4 is 26.9 Å². The van der Waals surface area contributed by atoms with Crippen LogP contribution in [0.5, 0.6) is 0 Å². The van der Waals surface area contributed by atoms with Crippen molar-refractivity contribution in [2.45, 2.75) is 57.1 Å². The van der Waals surface area contributed by atoms with Crippen molar-refractivity contribution in [3.8, 4) is 0 Å². The third kappa shape index (κ3) is 4.44. The van der Waals surface area contributed by atoms with Gasteiger partial charge in [0.1, 0.15) is 5.60 Å². The van der Waals surface area contributed by atoms with Crippen molar-refractivity contribution in [3.05, 3.63) is 36.2 Å². The molecule has 1 fully saturated rings. The Morgan fingerprint density at radius 2 is 2.04 bits per heavy atom. The number of carbonyl (C=O) groups excluding carboxylic acids is 1. The Labute approximate surface area is 166 Å². The summed E-state index contributed by atoms with van der Waals surface area (Å²) in [6.45, 7) is 7.89. The number of nitrogens with zero attached hydrogens (tertiary/aromatic N) is 2. The second-order valence-electron chi connectivity index (χ2n) is 8.16. The number of hydrogen-bond acceptors (Lipinski definition) is 5. The van der Waals surface area contributed by atoms with Crippen LogP contribution in [0.25, 0.3) is 10.8 Å². The highest BCUT2D eigenvalue weighted by atomic mass is 32.2. The van der Waals surface area contributed by atoms with Crippen LogP contribution in [-0.4, -0.2) is 48.5 Å². The van der Waals surface area contributed by atoms with E-state index in [1.807, 2.05) is 13.0 Å². The van der Waals surface area contributed by atoms with Gasteiger partial charge in [0, 0.05) is 42.3 Å². The monoisotopic (exact) mass is 405 g/mol. The van der Waals surface area contributed by atoms with Gasteiger partial charge < -0.3 is 10.1 Å². The quantitative estimate of drug-likeness (QED) is 0.847. The van der Waals surface area contributed by atoms with Gasteiger partial charge in [0.05, 0.1) is 4.90 Å². The predicted octanol–water partition coefficient (Wildman–Crippen LogP) is 3.22. The van der Waals surface area contributed by atoms with Gasteiger partial charge in [-0.2, -0.15) is 4.31 Å². The standard InChI is InChI=1S/C20H27N3O4S/c1-14-11-21-12-15-7-5-9-17(18(14)15)28(25,26)23-10-6-8-16(13-23)22-19(24)27-20(2,3)4/h5,7,9,11-12,16H,6,8,10,13H2,1-4H3,(H,22,24)/t16-/m0/s1. The number of benzene rings is 1. The van der Waals surface area contributed by atoms with Crippen LogP contribution in [0.1, 0.15) is 39.2 Å². The number of aryl methyl sites for hydroxylation is 1. The van der Waals surface area contributed by atoms with E-state index in [2.05, 4.69) is 10.3 Å². The molecule has 0 spiro atoms. The van der Waals surface area contributed by atoms with E-state index in [0.717, 1.165) is 10.9 Å². The second kappa shape index (κ2) is 7.67. The molecule has 1 aliphatic heterocycles. The molecular formula is C20H27N3O4S. The minimum atomic E-state index is -3.70. The zero-order valence-corrected chi connectivity index (χ0v) is 17.5. The first-order valence-corrected chi connectivity index (χ1v) is 10.8. The number of amides is 1. The molecule has 1 aliphatic rings. The van der Waals surface area contributed by atoms with Gasteiger partial charge in [0.2, 0.25) is 10.0 Å². The number of nitrogens with one attached hydrogen (secondary N) is 1. The molecule has 1 saturated heterocycles. The second-order valence-corrected chi connectivity index (χ2v) is 10.1. The molecule has 0 saturated carbocycles. The van der Waals surface area contributed by atoms with Gasteiger partial charge in [0.25, 0.3) is 0 Å². The zero-order chi connectivity index (χ0) is 20.5. The molecule has 1 aromatic heterocycles. The molecule has 0 radical (unpaired) electrons. The Morgan fingerprint density at radius 1 is 1.29 bits per heavy atom. The highest BCUT2D eigenvalue weighted by Gasteiger charge is 2.32. The Balaban J connectivity index is 1.84. The lowest BCUT2D eigenvalue weighted by molar-refractivity contribution is 0.0487. The molecule has 152 valence electrons. The third-order valence-electron chi connectivity index (χ3n) is 4.66. The van der Waals surface area contributed by atoms with Gasteiger partial charge in [-0.3, -0.25) is 4.98 Å². The van der Waals surface area contributed by atoms with E-state index < -0.39 is 21.7 Å². The number of pyridine rings is 1. The number of alkyl carbamates (subject to hydrolysis) is 1. The number of hydrogen-bond donors (Lipinski definition) is 1. The topological polar surface area (TPSA) is 88.6 Å². The normalized spacial score (nSPS) is 18.8. The van der Waals surface area contributed by atoms with Crippen LogP contribution in [0.4, 0.5) is 4.79 Å². The number of fused-ring (bicyclic) bond motifs is 1. The van der Waals surface area contributed by atoms with Crippen LogP contribution in [0.3, 0.4) is 0 Å². The number of carbonyl (C=O) groups is 1. The first-order valence-electron chi connectivity index (χ1n) is 9.41. The Bertz CT molecular complexity index is 977. The van der Waals surface area contributed by atoms with Gasteiger partial charge >= 0.3 is 6.09 Å². The fourth-order valence-corrected chi connectivity index (χ4v) is 5.29. The molecule has 0 aliphatic carbocycles. The van der Waals surface area contributed by atoms with E-state index in [4.69, 9.17) is 4.74 Å². The van der Waals surface area contributed by atoms with Gasteiger partial charge in [-0.1, -0.05) is 12.1 Å². The van der Waals surface area contributed by atoms with Crippen molar-refractivity contribution in [1.29, 1.82) is 0 Å². The molecule has 8 heteroatoms. The van der Waals surface area contributed by atoms with Gasteiger partial charge in [-0.05, 0) is 52.2 Å². The molecular weight excluding hydrogens is 378 g/mol. The van der Waals surface area contributed by atoms with E-state index in [1.165, 1.54) is 4.31 Å². The number of piperidine rings is 1. The molecule has 7 nitrogen and oxygen atoms in total. The zero-order valence-electron chi connectivity index (χ0n) is 16.7. The fraction of sp³-hybridized carbons (Fsp3) is 0.500. The Kier molecular flexibility index (Phi) is 5.63. The summed E-state index contributed by atoms with van der Waals surface area (Å²) < 4.78 is 33.5. The number of sulfonamides is 1. The summed E-state index contributed by atoms with van der Waals surface area (Å²) in [5.41, 5.74) is 0.219. The summed E-state index contributed by atoms with van der Waals surface area (Å²) >= 11 is 0. The fourth-order valence-electron chi connectivity index (χ4n) is 3.48. The summed E-state index contributed by atoms with van der Waals surface area (Å²) in [7, 11) is -3.70. The smallest absolute Gasteiger partial charge is 0.407 e. The van der Waals surface area contributed by atoms with Crippen molar-refractivity contribution in [3.63, 3.8) is 0 Å². The minimum absolute atomic E-state index is 0.224. The SMILES string of the molecule is Cc1cncc2cccc(S(=O)(=O)N3CCC[C@H](NC(=O)OC(C)(C)C)C3)c12. The first-order chi connectivity index (χ1) is 13.1. The molecule has 3 rings (SSSR count). The molecule has 1 aromatic carbocycles. The molecule has 1 amide bonds. The largest absolute Gasteiger partial charge is 0.444 e. The molecule has 2 heterocycles. The van der Waals surface area contributed by atoms with Crippen molar-refractivity contribution in [2.24, 2.45) is 0 Å². The number of rotatable bonds is 3. The molecule has 28 heavy (non-hydrogen) atoms. The maximum Gasteiger partial charge on any atom is 0.407 e. The first kappa shape index (κ1) is 20.5. The van der Waals surface area contributed by atoms with Crippen LogP contribution in [0.2, 0.25) is 0 Å². The number of aromatic nitrogens is 1. The van der Waals surface area contributed by atoms with Gasteiger partial charge in [-0.15, -0.1) is 0 Å². The minimum Gasteiger partial charge on any atom is -0.444 e. The third-order valence-corrected chi connectivity index (χ3v) is 6.56. The average Bonchev–Trinajstić information content (AvgIpc) is 2.60. The van der Waals surface area contributed by atoms with Crippen LogP contribution in [0.15, 0.2) is 35.5 Å². The van der Waals surface area contributed by atoms with Gasteiger partial charge in [0.15, 0.2) is 0 Å². The molecule has 1 N–H and O–H groups in total. The Hall–Kier alpha value is -2.19. The average molecular weight is 406 g/mol. The summed E-state index contributed by atoms with van der Waals surface area (Å²) in [5.74, 6) is 0. The van der Waals surface area contributed by atoms with E-state index in [-0.39, 0.29) is 17.5 Å². The highest BCUT2D eigenvalue weighted by molar-refractivity contribution is 7.89. The van der Waals surface area contributed by atoms with Crippen LogP contribution < -0.4 is 5.32 Å². The van der Waals surface area contributed by atoms with Crippen LogP contribution in [0, 0.1) is 6.92 Å². The molecule has 2 aromatic rings. The van der Waals surface area contributed by atoms with E-state index in [9.17, 15) is 13.2 Å². The Morgan fingerprint density at radius 3 is 2.75 bits per heavy atom. The van der Waals surface area contributed by atoms with Crippen molar-refractivity contribution < 1.29 is 17.9 Å². The predicted molar refractivity (Wildman–Crippen MR) is 108 cm³/mol. The molecule has 1 atom stereocenters. The maximum atomic E-state index is 13.4. The molecule has 0 bridgehead atoms. The highest BCUT2D eigenvalue weighted by Crippen LogP contribution is 2.29. The lowest BCUT2D eigenvalue weighted by atomic mass is 10.1. The van der Waals surface area contributed by atoms with Crippen LogP contribution >= 0.6 is 0 Å².